The third kappa shape index (κ3) is 1.85. The van der Waals surface area contributed by atoms with Gasteiger partial charge in [0, 0.05) is 24.7 Å². The highest BCUT2D eigenvalue weighted by molar-refractivity contribution is 6.31. The van der Waals surface area contributed by atoms with E-state index in [9.17, 15) is 10.1 Å². The number of non-ortho nitro benzene ring substituents is 1. The maximum absolute atomic E-state index is 10.7. The van der Waals surface area contributed by atoms with Crippen molar-refractivity contribution in [1.82, 2.24) is 5.32 Å². The van der Waals surface area contributed by atoms with Crippen molar-refractivity contribution in [2.24, 2.45) is 23.7 Å². The Morgan fingerprint density at radius 2 is 2.00 bits per heavy atom. The summed E-state index contributed by atoms with van der Waals surface area (Å²) in [6.07, 6.45) is 4.29. The van der Waals surface area contributed by atoms with Gasteiger partial charge in [0.2, 0.25) is 0 Å². The van der Waals surface area contributed by atoms with E-state index in [0.29, 0.717) is 17.6 Å². The highest BCUT2D eigenvalue weighted by Gasteiger charge is 2.64. The monoisotopic (exact) mass is 292 g/mol. The van der Waals surface area contributed by atoms with Crippen LogP contribution in [0.2, 0.25) is 5.02 Å². The van der Waals surface area contributed by atoms with Gasteiger partial charge in [-0.25, -0.2) is 0 Å². The summed E-state index contributed by atoms with van der Waals surface area (Å²) in [5.74, 6) is 3.70. The summed E-state index contributed by atoms with van der Waals surface area (Å²) in [6, 6.07) is 5.39. The predicted octanol–water partition coefficient (Wildman–Crippen LogP) is 3.38. The minimum absolute atomic E-state index is 0.0556. The average Bonchev–Trinajstić information content (AvgIpc) is 2.81. The molecule has 2 bridgehead atoms. The van der Waals surface area contributed by atoms with E-state index >= 15 is 0 Å². The van der Waals surface area contributed by atoms with Crippen molar-refractivity contribution in [2.45, 2.75) is 31.8 Å². The molecule has 1 aromatic carbocycles. The summed E-state index contributed by atoms with van der Waals surface area (Å²) in [5.41, 5.74) is 1.01. The fourth-order valence-electron chi connectivity index (χ4n) is 4.62. The molecule has 0 aliphatic heterocycles. The number of rotatable bonds is 4. The van der Waals surface area contributed by atoms with Gasteiger partial charge in [-0.2, -0.15) is 0 Å². The van der Waals surface area contributed by atoms with Gasteiger partial charge in [0.05, 0.1) is 9.95 Å². The van der Waals surface area contributed by atoms with Gasteiger partial charge in [-0.15, -0.1) is 0 Å². The molecule has 4 rings (SSSR count). The second kappa shape index (κ2) is 4.43. The number of nitro groups is 1. The van der Waals surface area contributed by atoms with Gasteiger partial charge in [-0.1, -0.05) is 11.6 Å². The molecule has 4 unspecified atom stereocenters. The number of nitro benzene ring substituents is 1. The van der Waals surface area contributed by atoms with Gasteiger partial charge in [-0.3, -0.25) is 10.1 Å². The van der Waals surface area contributed by atoms with E-state index in [4.69, 9.17) is 11.6 Å². The van der Waals surface area contributed by atoms with Gasteiger partial charge in [0.15, 0.2) is 0 Å². The van der Waals surface area contributed by atoms with E-state index < -0.39 is 4.92 Å². The average molecular weight is 293 g/mol. The van der Waals surface area contributed by atoms with E-state index in [2.05, 4.69) is 5.32 Å². The fraction of sp³-hybridized carbons (Fsp3) is 0.600. The molecule has 0 saturated heterocycles. The molecule has 3 aliphatic carbocycles. The van der Waals surface area contributed by atoms with Crippen molar-refractivity contribution in [3.05, 3.63) is 38.9 Å². The van der Waals surface area contributed by atoms with Crippen molar-refractivity contribution in [1.29, 1.82) is 0 Å². The van der Waals surface area contributed by atoms with Crippen LogP contribution in [0.1, 0.15) is 24.8 Å². The first kappa shape index (κ1) is 12.6. The molecule has 1 N–H and O–H groups in total. The number of hydrogen-bond donors (Lipinski definition) is 1. The van der Waals surface area contributed by atoms with E-state index in [1.807, 2.05) is 0 Å². The molecule has 106 valence electrons. The number of fused-ring (bicyclic) bond motifs is 5. The molecular formula is C15H17ClN2O2. The number of hydrogen-bond acceptors (Lipinski definition) is 3. The molecule has 5 heteroatoms. The Bertz CT molecular complexity index is 561. The van der Waals surface area contributed by atoms with Crippen LogP contribution in [0.15, 0.2) is 18.2 Å². The van der Waals surface area contributed by atoms with Crippen molar-refractivity contribution >= 4 is 17.3 Å². The van der Waals surface area contributed by atoms with Gasteiger partial charge in [0.25, 0.3) is 5.69 Å². The van der Waals surface area contributed by atoms with Crippen LogP contribution in [0.4, 0.5) is 5.69 Å². The molecule has 0 aromatic heterocycles. The lowest BCUT2D eigenvalue weighted by Gasteiger charge is -2.11. The Morgan fingerprint density at radius 3 is 2.60 bits per heavy atom. The summed E-state index contributed by atoms with van der Waals surface area (Å²) in [5, 5.41) is 14.8. The lowest BCUT2D eigenvalue weighted by Crippen LogP contribution is -2.22. The summed E-state index contributed by atoms with van der Waals surface area (Å²) in [4.78, 5) is 10.3. The molecule has 0 heterocycles. The number of benzene rings is 1. The molecule has 3 saturated carbocycles. The van der Waals surface area contributed by atoms with Crippen molar-refractivity contribution in [3.8, 4) is 0 Å². The van der Waals surface area contributed by atoms with Crippen LogP contribution in [-0.2, 0) is 6.54 Å². The van der Waals surface area contributed by atoms with Crippen molar-refractivity contribution in [3.63, 3.8) is 0 Å². The third-order valence-electron chi connectivity index (χ3n) is 5.51. The molecular weight excluding hydrogens is 276 g/mol. The largest absolute Gasteiger partial charge is 0.309 e. The van der Waals surface area contributed by atoms with Crippen molar-refractivity contribution < 1.29 is 4.92 Å². The quantitative estimate of drug-likeness (QED) is 0.684. The van der Waals surface area contributed by atoms with Crippen molar-refractivity contribution in [2.75, 3.05) is 0 Å². The zero-order valence-corrected chi connectivity index (χ0v) is 11.8. The minimum atomic E-state index is -0.411. The SMILES string of the molecule is O=[N+]([O-])c1ccc(CNC2C3C4CCC(C4)C23)c(Cl)c1. The second-order valence-electron chi connectivity index (χ2n) is 6.43. The van der Waals surface area contributed by atoms with Crippen LogP contribution in [0, 0.1) is 33.8 Å². The first-order chi connectivity index (χ1) is 9.65. The van der Waals surface area contributed by atoms with E-state index in [0.717, 1.165) is 29.2 Å². The van der Waals surface area contributed by atoms with Crippen LogP contribution >= 0.6 is 11.6 Å². The summed E-state index contributed by atoms with van der Waals surface area (Å²) >= 11 is 6.12. The Labute approximate surface area is 122 Å². The molecule has 3 fully saturated rings. The summed E-state index contributed by atoms with van der Waals surface area (Å²) < 4.78 is 0. The first-order valence-electron chi connectivity index (χ1n) is 7.31. The number of nitrogens with zero attached hydrogens (tertiary/aromatic N) is 1. The van der Waals surface area contributed by atoms with Gasteiger partial charge < -0.3 is 5.32 Å². The van der Waals surface area contributed by atoms with E-state index in [-0.39, 0.29) is 5.69 Å². The Morgan fingerprint density at radius 1 is 1.30 bits per heavy atom. The molecule has 0 spiro atoms. The minimum Gasteiger partial charge on any atom is -0.309 e. The zero-order valence-electron chi connectivity index (χ0n) is 11.1. The maximum atomic E-state index is 10.7. The first-order valence-corrected chi connectivity index (χ1v) is 7.69. The van der Waals surface area contributed by atoms with E-state index in [1.54, 1.807) is 6.07 Å². The van der Waals surface area contributed by atoms with Crippen LogP contribution in [0.5, 0.6) is 0 Å². The van der Waals surface area contributed by atoms with E-state index in [1.165, 1.54) is 31.4 Å². The molecule has 0 amide bonds. The van der Waals surface area contributed by atoms with Gasteiger partial charge in [0.1, 0.15) is 0 Å². The lowest BCUT2D eigenvalue weighted by atomic mass is 10.0. The predicted molar refractivity (Wildman–Crippen MR) is 76.5 cm³/mol. The topological polar surface area (TPSA) is 55.2 Å². The molecule has 3 aliphatic rings. The third-order valence-corrected chi connectivity index (χ3v) is 5.86. The molecule has 1 aromatic rings. The maximum Gasteiger partial charge on any atom is 0.270 e. The van der Waals surface area contributed by atoms with Crippen LogP contribution in [-0.4, -0.2) is 11.0 Å². The standard InChI is InChI=1S/C15H17ClN2O2/c16-12-6-11(18(19)20)4-3-10(12)7-17-15-13-8-1-2-9(5-8)14(13)15/h3-4,6,8-9,13-15,17H,1-2,5,7H2. The summed E-state index contributed by atoms with van der Waals surface area (Å²) in [7, 11) is 0. The van der Waals surface area contributed by atoms with Gasteiger partial charge in [-0.05, 0) is 54.6 Å². The summed E-state index contributed by atoms with van der Waals surface area (Å²) in [6.45, 7) is 0.716. The Hall–Kier alpha value is -1.13. The zero-order chi connectivity index (χ0) is 13.9. The number of nitrogens with one attached hydrogen (secondary N) is 1. The van der Waals surface area contributed by atoms with Crippen LogP contribution in [0.3, 0.4) is 0 Å². The number of halogens is 1. The normalized spacial score (nSPS) is 37.0. The fourth-order valence-corrected chi connectivity index (χ4v) is 4.86. The Balaban J connectivity index is 1.40. The van der Waals surface area contributed by atoms with Gasteiger partial charge >= 0.3 is 0 Å². The highest BCUT2D eigenvalue weighted by Crippen LogP contribution is 2.65. The molecule has 0 radical (unpaired) electrons. The Kier molecular flexibility index (Phi) is 2.79. The smallest absolute Gasteiger partial charge is 0.270 e. The second-order valence-corrected chi connectivity index (χ2v) is 6.83. The van der Waals surface area contributed by atoms with Crippen LogP contribution in [0.25, 0.3) is 0 Å². The molecule has 20 heavy (non-hydrogen) atoms. The molecule has 4 atom stereocenters. The van der Waals surface area contributed by atoms with Crippen LogP contribution < -0.4 is 5.32 Å². The lowest BCUT2D eigenvalue weighted by molar-refractivity contribution is -0.384. The highest BCUT2D eigenvalue weighted by atomic mass is 35.5. The molecule has 4 nitrogen and oxygen atoms in total.